The van der Waals surface area contributed by atoms with Crippen LogP contribution < -0.4 is 4.74 Å². The highest BCUT2D eigenvalue weighted by Crippen LogP contribution is 2.35. The summed E-state index contributed by atoms with van der Waals surface area (Å²) in [4.78, 5) is 0. The van der Waals surface area contributed by atoms with E-state index in [1.165, 1.54) is 11.5 Å². The van der Waals surface area contributed by atoms with Gasteiger partial charge in [-0.2, -0.15) is 4.37 Å². The van der Waals surface area contributed by atoms with E-state index in [-0.39, 0.29) is 0 Å². The van der Waals surface area contributed by atoms with Gasteiger partial charge in [0.2, 0.25) is 0 Å². The van der Waals surface area contributed by atoms with Crippen LogP contribution in [-0.4, -0.2) is 11.5 Å². The number of halogens is 1. The first-order chi connectivity index (χ1) is 5.83. The van der Waals surface area contributed by atoms with E-state index in [9.17, 15) is 0 Å². The van der Waals surface area contributed by atoms with Gasteiger partial charge in [-0.3, -0.25) is 0 Å². The van der Waals surface area contributed by atoms with Gasteiger partial charge >= 0.3 is 0 Å². The number of nitrogens with zero attached hydrogens (tertiary/aromatic N) is 1. The Bertz CT molecular complexity index is 412. The van der Waals surface area contributed by atoms with Crippen molar-refractivity contribution in [3.8, 4) is 5.75 Å². The van der Waals surface area contributed by atoms with E-state index in [1.807, 2.05) is 12.1 Å². The molecule has 0 unspecified atom stereocenters. The lowest BCUT2D eigenvalue weighted by atomic mass is 10.3. The molecule has 0 aliphatic carbocycles. The number of hydrogen-bond donors (Lipinski definition) is 0. The maximum atomic E-state index is 5.91. The summed E-state index contributed by atoms with van der Waals surface area (Å²) in [5.41, 5.74) is 0. The van der Waals surface area contributed by atoms with Crippen molar-refractivity contribution < 1.29 is 4.74 Å². The van der Waals surface area contributed by atoms with Gasteiger partial charge in [0, 0.05) is 11.6 Å². The summed E-state index contributed by atoms with van der Waals surface area (Å²) in [5.74, 6) is 0.719. The molecule has 0 aliphatic rings. The molecule has 0 spiro atoms. The summed E-state index contributed by atoms with van der Waals surface area (Å²) in [5, 5.41) is 1.70. The zero-order valence-electron chi connectivity index (χ0n) is 6.37. The van der Waals surface area contributed by atoms with Gasteiger partial charge in [0.25, 0.3) is 0 Å². The molecule has 2 aromatic rings. The first-order valence-corrected chi connectivity index (χ1v) is 4.55. The van der Waals surface area contributed by atoms with E-state index in [1.54, 1.807) is 13.3 Å². The smallest absolute Gasteiger partial charge is 0.156 e. The fraction of sp³-hybridized carbons (Fsp3) is 0.125. The fourth-order valence-corrected chi connectivity index (χ4v) is 2.14. The summed E-state index contributed by atoms with van der Waals surface area (Å²) in [6, 6.07) is 3.75. The first kappa shape index (κ1) is 7.83. The summed E-state index contributed by atoms with van der Waals surface area (Å²) < 4.78 is 10.2. The normalized spacial score (nSPS) is 10.5. The quantitative estimate of drug-likeness (QED) is 0.705. The Labute approximate surface area is 78.9 Å². The molecule has 1 heterocycles. The Kier molecular flexibility index (Phi) is 1.90. The predicted molar refractivity (Wildman–Crippen MR) is 51.2 cm³/mol. The molecule has 0 aliphatic heterocycles. The first-order valence-electron chi connectivity index (χ1n) is 3.40. The molecule has 0 amide bonds. The zero-order chi connectivity index (χ0) is 8.55. The maximum absolute atomic E-state index is 5.91. The number of fused-ring (bicyclic) bond motifs is 1. The Morgan fingerprint density at radius 3 is 3.08 bits per heavy atom. The molecular weight excluding hydrogens is 194 g/mol. The van der Waals surface area contributed by atoms with Crippen molar-refractivity contribution in [1.82, 2.24) is 4.37 Å². The topological polar surface area (TPSA) is 22.1 Å². The van der Waals surface area contributed by atoms with Crippen LogP contribution in [-0.2, 0) is 0 Å². The van der Waals surface area contributed by atoms with Crippen molar-refractivity contribution in [2.24, 2.45) is 0 Å². The van der Waals surface area contributed by atoms with Crippen molar-refractivity contribution in [3.05, 3.63) is 23.4 Å². The van der Waals surface area contributed by atoms with Crippen molar-refractivity contribution in [2.75, 3.05) is 7.11 Å². The molecule has 0 saturated carbocycles. The third-order valence-corrected chi connectivity index (χ3v) is 2.75. The van der Waals surface area contributed by atoms with Crippen molar-refractivity contribution in [1.29, 1.82) is 0 Å². The molecule has 0 saturated heterocycles. The van der Waals surface area contributed by atoms with Gasteiger partial charge in [-0.15, -0.1) is 0 Å². The number of benzene rings is 1. The van der Waals surface area contributed by atoms with E-state index in [4.69, 9.17) is 16.3 Å². The SMILES string of the molecule is COc1c(Cl)ccc2cnsc12. The summed E-state index contributed by atoms with van der Waals surface area (Å²) in [7, 11) is 1.61. The Morgan fingerprint density at radius 2 is 2.33 bits per heavy atom. The van der Waals surface area contributed by atoms with Crippen LogP contribution in [0.25, 0.3) is 10.1 Å². The van der Waals surface area contributed by atoms with E-state index in [2.05, 4.69) is 4.37 Å². The molecule has 2 rings (SSSR count). The van der Waals surface area contributed by atoms with Gasteiger partial charge in [-0.05, 0) is 17.6 Å². The highest BCUT2D eigenvalue weighted by atomic mass is 35.5. The summed E-state index contributed by atoms with van der Waals surface area (Å²) in [6.07, 6.45) is 1.80. The van der Waals surface area contributed by atoms with Crippen molar-refractivity contribution >= 4 is 33.2 Å². The van der Waals surface area contributed by atoms with Gasteiger partial charge < -0.3 is 4.74 Å². The minimum atomic E-state index is 0.634. The van der Waals surface area contributed by atoms with Crippen LogP contribution in [0.2, 0.25) is 5.02 Å². The lowest BCUT2D eigenvalue weighted by Crippen LogP contribution is -1.83. The minimum absolute atomic E-state index is 0.634. The van der Waals surface area contributed by atoms with Gasteiger partial charge in [0.05, 0.1) is 16.8 Å². The Balaban J connectivity index is 2.83. The molecule has 1 aromatic heterocycles. The van der Waals surface area contributed by atoms with Crippen LogP contribution in [0.4, 0.5) is 0 Å². The second kappa shape index (κ2) is 2.92. The highest BCUT2D eigenvalue weighted by molar-refractivity contribution is 7.13. The van der Waals surface area contributed by atoms with E-state index in [0.717, 1.165) is 15.8 Å². The molecule has 4 heteroatoms. The standard InChI is InChI=1S/C8H6ClNOS/c1-11-7-6(9)3-2-5-4-10-12-8(5)7/h2-4H,1H3. The minimum Gasteiger partial charge on any atom is -0.494 e. The number of ether oxygens (including phenoxy) is 1. The average Bonchev–Trinajstić information content (AvgIpc) is 2.52. The second-order valence-electron chi connectivity index (χ2n) is 2.32. The molecular formula is C8H6ClNOS. The average molecular weight is 200 g/mol. The van der Waals surface area contributed by atoms with Crippen LogP contribution in [0.5, 0.6) is 5.75 Å². The Hall–Kier alpha value is -0.800. The molecule has 0 fully saturated rings. The zero-order valence-corrected chi connectivity index (χ0v) is 7.95. The van der Waals surface area contributed by atoms with Gasteiger partial charge in [0.15, 0.2) is 5.75 Å². The van der Waals surface area contributed by atoms with E-state index in [0.29, 0.717) is 5.02 Å². The van der Waals surface area contributed by atoms with Crippen LogP contribution in [0.15, 0.2) is 18.3 Å². The van der Waals surface area contributed by atoms with Gasteiger partial charge in [0.1, 0.15) is 0 Å². The van der Waals surface area contributed by atoms with E-state index >= 15 is 0 Å². The third-order valence-electron chi connectivity index (χ3n) is 1.63. The molecule has 12 heavy (non-hydrogen) atoms. The number of rotatable bonds is 1. The monoisotopic (exact) mass is 199 g/mol. The third kappa shape index (κ3) is 1.06. The largest absolute Gasteiger partial charge is 0.494 e. The molecule has 0 radical (unpaired) electrons. The number of methoxy groups -OCH3 is 1. The molecule has 0 N–H and O–H groups in total. The number of aromatic nitrogens is 1. The van der Waals surface area contributed by atoms with Crippen LogP contribution in [0.1, 0.15) is 0 Å². The van der Waals surface area contributed by atoms with Crippen LogP contribution in [0.3, 0.4) is 0 Å². The van der Waals surface area contributed by atoms with Crippen LogP contribution in [0, 0.1) is 0 Å². The maximum Gasteiger partial charge on any atom is 0.156 e. The molecule has 1 aromatic carbocycles. The van der Waals surface area contributed by atoms with Crippen molar-refractivity contribution in [2.45, 2.75) is 0 Å². The van der Waals surface area contributed by atoms with Crippen LogP contribution >= 0.6 is 23.1 Å². The summed E-state index contributed by atoms with van der Waals surface area (Å²) in [6.45, 7) is 0. The lowest BCUT2D eigenvalue weighted by Gasteiger charge is -2.01. The van der Waals surface area contributed by atoms with Gasteiger partial charge in [-0.25, -0.2) is 0 Å². The molecule has 0 bridgehead atoms. The van der Waals surface area contributed by atoms with E-state index < -0.39 is 0 Å². The fourth-order valence-electron chi connectivity index (χ4n) is 1.08. The number of hydrogen-bond acceptors (Lipinski definition) is 3. The predicted octanol–water partition coefficient (Wildman–Crippen LogP) is 2.96. The highest BCUT2D eigenvalue weighted by Gasteiger charge is 2.07. The van der Waals surface area contributed by atoms with Gasteiger partial charge in [-0.1, -0.05) is 17.7 Å². The second-order valence-corrected chi connectivity index (χ2v) is 3.53. The molecule has 0 atom stereocenters. The molecule has 62 valence electrons. The Morgan fingerprint density at radius 1 is 1.50 bits per heavy atom. The van der Waals surface area contributed by atoms with Crippen molar-refractivity contribution in [3.63, 3.8) is 0 Å². The summed E-state index contributed by atoms with van der Waals surface area (Å²) >= 11 is 7.31. The lowest BCUT2D eigenvalue weighted by molar-refractivity contribution is 0.420. The molecule has 2 nitrogen and oxygen atoms in total.